The van der Waals surface area contributed by atoms with Gasteiger partial charge in [0.05, 0.1) is 6.54 Å². The maximum atomic E-state index is 13.8. The molecule has 0 saturated carbocycles. The molecule has 2 heterocycles. The molecule has 1 N–H and O–H groups in total. The summed E-state index contributed by atoms with van der Waals surface area (Å²) in [6.07, 6.45) is 0.749. The molecule has 2 rings (SSSR count). The van der Waals surface area contributed by atoms with Crippen molar-refractivity contribution in [2.75, 3.05) is 13.1 Å². The van der Waals surface area contributed by atoms with Gasteiger partial charge in [0.15, 0.2) is 0 Å². The van der Waals surface area contributed by atoms with Gasteiger partial charge in [0.1, 0.15) is 0 Å². The van der Waals surface area contributed by atoms with E-state index in [0.717, 1.165) is 9.35 Å². The topological polar surface area (TPSA) is 57.6 Å². The Morgan fingerprint density at radius 2 is 2.32 bits per heavy atom. The molecule has 1 fully saturated rings. The first-order valence-electron chi connectivity index (χ1n) is 5.84. The second-order valence-electron chi connectivity index (χ2n) is 4.57. The number of halogens is 2. The maximum absolute atomic E-state index is 13.8. The van der Waals surface area contributed by atoms with E-state index in [1.54, 1.807) is 11.3 Å². The van der Waals surface area contributed by atoms with Gasteiger partial charge in [0, 0.05) is 34.1 Å². The number of carbonyl (C=O) groups is 2. The zero-order valence-electron chi connectivity index (χ0n) is 10.1. The van der Waals surface area contributed by atoms with Gasteiger partial charge in [-0.2, -0.15) is 0 Å². The van der Waals surface area contributed by atoms with E-state index in [1.807, 2.05) is 11.4 Å². The average molecular weight is 350 g/mol. The number of nitrogens with zero attached hydrogens (tertiary/aromatic N) is 1. The molecule has 1 aromatic heterocycles. The van der Waals surface area contributed by atoms with Gasteiger partial charge < -0.3 is 10.0 Å². The Labute approximate surface area is 122 Å². The van der Waals surface area contributed by atoms with Crippen LogP contribution in [0.25, 0.3) is 0 Å². The summed E-state index contributed by atoms with van der Waals surface area (Å²) >= 11 is 4.89. The Bertz CT molecular complexity index is 507. The SMILES string of the molecule is O=C(CCc1cc(Br)cs1)N1CCC(F)(C(=O)O)C1. The lowest BCUT2D eigenvalue weighted by Crippen LogP contribution is -2.38. The Balaban J connectivity index is 1.86. The van der Waals surface area contributed by atoms with Crippen molar-refractivity contribution in [1.29, 1.82) is 0 Å². The predicted octanol–water partition coefficient (Wildman–Crippen LogP) is 2.47. The van der Waals surface area contributed by atoms with E-state index in [-0.39, 0.29) is 31.8 Å². The van der Waals surface area contributed by atoms with Crippen molar-refractivity contribution >= 4 is 39.1 Å². The van der Waals surface area contributed by atoms with Gasteiger partial charge in [-0.15, -0.1) is 11.3 Å². The predicted molar refractivity (Wildman–Crippen MR) is 73.0 cm³/mol. The highest BCUT2D eigenvalue weighted by atomic mass is 79.9. The third-order valence-corrected chi connectivity index (χ3v) is 4.92. The van der Waals surface area contributed by atoms with Crippen molar-refractivity contribution in [2.24, 2.45) is 0 Å². The number of rotatable bonds is 4. The molecular formula is C12H13BrFNO3S. The molecule has 7 heteroatoms. The fraction of sp³-hybridized carbons (Fsp3) is 0.500. The number of aliphatic carboxylic acids is 1. The second kappa shape index (κ2) is 5.58. The number of likely N-dealkylation sites (tertiary alicyclic amines) is 1. The number of carboxylic acid groups (broad SMARTS) is 1. The molecule has 1 amide bonds. The van der Waals surface area contributed by atoms with Crippen molar-refractivity contribution < 1.29 is 19.1 Å². The van der Waals surface area contributed by atoms with Crippen LogP contribution in [-0.2, 0) is 16.0 Å². The molecule has 1 atom stereocenters. The summed E-state index contributed by atoms with van der Waals surface area (Å²) in [6.45, 7) is -0.162. The lowest BCUT2D eigenvalue weighted by Gasteiger charge is -2.17. The number of hydrogen-bond acceptors (Lipinski definition) is 3. The minimum atomic E-state index is -2.28. The molecule has 0 aromatic carbocycles. The Morgan fingerprint density at radius 3 is 2.84 bits per heavy atom. The van der Waals surface area contributed by atoms with Crippen LogP contribution in [0, 0.1) is 0 Å². The van der Waals surface area contributed by atoms with Gasteiger partial charge in [0.2, 0.25) is 11.6 Å². The molecule has 1 saturated heterocycles. The first kappa shape index (κ1) is 14.5. The molecule has 19 heavy (non-hydrogen) atoms. The molecule has 1 aromatic rings. The van der Waals surface area contributed by atoms with E-state index in [4.69, 9.17) is 5.11 Å². The van der Waals surface area contributed by atoms with Crippen molar-refractivity contribution in [1.82, 2.24) is 4.90 Å². The quantitative estimate of drug-likeness (QED) is 0.908. The Kier molecular flexibility index (Phi) is 4.25. The summed E-state index contributed by atoms with van der Waals surface area (Å²) in [6, 6.07) is 1.94. The van der Waals surface area contributed by atoms with Crippen LogP contribution in [0.1, 0.15) is 17.7 Å². The number of thiophene rings is 1. The van der Waals surface area contributed by atoms with Gasteiger partial charge in [-0.1, -0.05) is 0 Å². The Morgan fingerprint density at radius 1 is 1.58 bits per heavy atom. The van der Waals surface area contributed by atoms with E-state index < -0.39 is 11.6 Å². The van der Waals surface area contributed by atoms with Crippen LogP contribution >= 0.6 is 27.3 Å². The zero-order chi connectivity index (χ0) is 14.0. The summed E-state index contributed by atoms with van der Waals surface area (Å²) in [4.78, 5) is 25.0. The highest BCUT2D eigenvalue weighted by molar-refractivity contribution is 9.10. The summed E-state index contributed by atoms with van der Waals surface area (Å²) in [5, 5.41) is 10.7. The molecule has 0 spiro atoms. The van der Waals surface area contributed by atoms with Gasteiger partial charge >= 0.3 is 5.97 Å². The molecule has 0 bridgehead atoms. The zero-order valence-corrected chi connectivity index (χ0v) is 12.5. The van der Waals surface area contributed by atoms with E-state index in [9.17, 15) is 14.0 Å². The molecule has 0 radical (unpaired) electrons. The van der Waals surface area contributed by atoms with Crippen LogP contribution < -0.4 is 0 Å². The van der Waals surface area contributed by atoms with Crippen LogP contribution in [0.2, 0.25) is 0 Å². The fourth-order valence-corrected chi connectivity index (χ4v) is 3.49. The number of amides is 1. The summed E-state index contributed by atoms with van der Waals surface area (Å²) in [5.74, 6) is -1.67. The normalized spacial score (nSPS) is 22.7. The molecule has 1 aliphatic heterocycles. The van der Waals surface area contributed by atoms with Gasteiger partial charge in [-0.25, -0.2) is 9.18 Å². The van der Waals surface area contributed by atoms with Crippen molar-refractivity contribution in [2.45, 2.75) is 24.9 Å². The van der Waals surface area contributed by atoms with E-state index in [0.29, 0.717) is 6.42 Å². The lowest BCUT2D eigenvalue weighted by molar-refractivity contribution is -0.150. The third kappa shape index (κ3) is 3.33. The molecule has 4 nitrogen and oxygen atoms in total. The number of aryl methyl sites for hydroxylation is 1. The van der Waals surface area contributed by atoms with Gasteiger partial charge in [-0.3, -0.25) is 4.79 Å². The highest BCUT2D eigenvalue weighted by Gasteiger charge is 2.46. The Hall–Kier alpha value is -0.950. The molecule has 1 aliphatic rings. The first-order valence-corrected chi connectivity index (χ1v) is 7.51. The summed E-state index contributed by atoms with van der Waals surface area (Å²) in [5.41, 5.74) is -2.28. The van der Waals surface area contributed by atoms with E-state index in [1.165, 1.54) is 4.90 Å². The minimum Gasteiger partial charge on any atom is -0.479 e. The molecule has 1 unspecified atom stereocenters. The summed E-state index contributed by atoms with van der Waals surface area (Å²) in [7, 11) is 0. The van der Waals surface area contributed by atoms with E-state index >= 15 is 0 Å². The van der Waals surface area contributed by atoms with Crippen LogP contribution in [0.15, 0.2) is 15.9 Å². The van der Waals surface area contributed by atoms with Gasteiger partial charge in [-0.05, 0) is 28.4 Å². The smallest absolute Gasteiger partial charge is 0.343 e. The molecular weight excluding hydrogens is 337 g/mol. The monoisotopic (exact) mass is 349 g/mol. The van der Waals surface area contributed by atoms with Crippen LogP contribution in [-0.4, -0.2) is 40.6 Å². The molecule has 0 aliphatic carbocycles. The summed E-state index contributed by atoms with van der Waals surface area (Å²) < 4.78 is 14.8. The van der Waals surface area contributed by atoms with Crippen LogP contribution in [0.4, 0.5) is 4.39 Å². The largest absolute Gasteiger partial charge is 0.479 e. The van der Waals surface area contributed by atoms with Crippen LogP contribution in [0.5, 0.6) is 0 Å². The van der Waals surface area contributed by atoms with Crippen molar-refractivity contribution in [3.8, 4) is 0 Å². The number of alkyl halides is 1. The fourth-order valence-electron chi connectivity index (χ4n) is 2.03. The maximum Gasteiger partial charge on any atom is 0.343 e. The van der Waals surface area contributed by atoms with Crippen LogP contribution in [0.3, 0.4) is 0 Å². The molecule has 104 valence electrons. The van der Waals surface area contributed by atoms with Gasteiger partial charge in [0.25, 0.3) is 0 Å². The lowest BCUT2D eigenvalue weighted by atomic mass is 10.1. The number of carboxylic acids is 1. The highest BCUT2D eigenvalue weighted by Crippen LogP contribution is 2.27. The minimum absolute atomic E-state index is 0.126. The number of hydrogen-bond donors (Lipinski definition) is 1. The number of carbonyl (C=O) groups excluding carboxylic acids is 1. The second-order valence-corrected chi connectivity index (χ2v) is 6.48. The third-order valence-electron chi connectivity index (χ3n) is 3.16. The first-order chi connectivity index (χ1) is 8.90. The average Bonchev–Trinajstić information content (AvgIpc) is 2.94. The standard InChI is InChI=1S/C12H13BrFNO3S/c13-8-5-9(19-6-8)1-2-10(16)15-4-3-12(14,7-15)11(17)18/h5-6H,1-4,7H2,(H,17,18). The van der Waals surface area contributed by atoms with E-state index in [2.05, 4.69) is 15.9 Å². The van der Waals surface area contributed by atoms with Crippen molar-refractivity contribution in [3.05, 3.63) is 20.8 Å². The van der Waals surface area contributed by atoms with Crippen molar-refractivity contribution in [3.63, 3.8) is 0 Å².